The molecule has 8 nitrogen and oxygen atoms in total. The molecule has 0 saturated carbocycles. The summed E-state index contributed by atoms with van der Waals surface area (Å²) < 4.78 is 58.5. The number of sulfone groups is 1. The Labute approximate surface area is 192 Å². The van der Waals surface area contributed by atoms with Gasteiger partial charge in [0.05, 0.1) is 17.7 Å². The zero-order valence-electron chi connectivity index (χ0n) is 18.8. The molecule has 2 N–H and O–H groups in total. The second-order valence-corrected chi connectivity index (χ2v) is 10.5. The van der Waals surface area contributed by atoms with Crippen molar-refractivity contribution < 1.29 is 21.9 Å². The van der Waals surface area contributed by atoms with E-state index in [0.717, 1.165) is 18.5 Å². The van der Waals surface area contributed by atoms with Crippen molar-refractivity contribution in [3.63, 3.8) is 0 Å². The molecule has 0 unspecified atom stereocenters. The van der Waals surface area contributed by atoms with Crippen LogP contribution in [0.4, 0.5) is 8.78 Å². The highest BCUT2D eigenvalue weighted by molar-refractivity contribution is 7.93. The van der Waals surface area contributed by atoms with Crippen LogP contribution in [0.2, 0.25) is 0 Å². The summed E-state index contributed by atoms with van der Waals surface area (Å²) in [6.07, 6.45) is 8.42. The lowest BCUT2D eigenvalue weighted by Crippen LogP contribution is -2.55. The monoisotopic (exact) mass is 477 g/mol. The van der Waals surface area contributed by atoms with Crippen molar-refractivity contribution in [2.75, 3.05) is 12.4 Å². The third kappa shape index (κ3) is 5.51. The van der Waals surface area contributed by atoms with Crippen LogP contribution >= 0.6 is 0 Å². The second-order valence-electron chi connectivity index (χ2n) is 7.97. The first-order chi connectivity index (χ1) is 15.3. The zero-order chi connectivity index (χ0) is 25.0. The highest BCUT2D eigenvalue weighted by Gasteiger charge is 2.49. The van der Waals surface area contributed by atoms with Crippen molar-refractivity contribution in [3.8, 4) is 12.3 Å². The van der Waals surface area contributed by atoms with Gasteiger partial charge in [-0.3, -0.25) is 9.98 Å². The van der Waals surface area contributed by atoms with Crippen LogP contribution in [0.3, 0.4) is 0 Å². The van der Waals surface area contributed by atoms with Crippen molar-refractivity contribution in [1.29, 1.82) is 0 Å². The van der Waals surface area contributed by atoms with Gasteiger partial charge in [-0.05, 0) is 52.1 Å². The lowest BCUT2D eigenvalue weighted by Gasteiger charge is -2.37. The molecule has 1 atom stereocenters. The summed E-state index contributed by atoms with van der Waals surface area (Å²) in [5.74, 6) is -0.0475. The molecule has 0 amide bonds. The van der Waals surface area contributed by atoms with Crippen LogP contribution in [-0.2, 0) is 20.1 Å². The van der Waals surface area contributed by atoms with Gasteiger partial charge in [-0.25, -0.2) is 22.8 Å². The molecule has 1 aromatic heterocycles. The summed E-state index contributed by atoms with van der Waals surface area (Å²) in [5.41, 5.74) is 4.39. The second kappa shape index (κ2) is 9.62. The fourth-order valence-corrected chi connectivity index (χ4v) is 4.59. The van der Waals surface area contributed by atoms with E-state index >= 15 is 0 Å². The molecular formula is C22H25F2N5O3S. The minimum absolute atomic E-state index is 0.00985. The number of hydrogen-bond donors (Lipinski definition) is 1. The average molecular weight is 478 g/mol. The molecule has 0 bridgehead atoms. The number of aliphatic imine (C=N–C) groups is 3. The summed E-state index contributed by atoms with van der Waals surface area (Å²) in [7, 11) is -3.76. The van der Waals surface area contributed by atoms with Gasteiger partial charge in [0.25, 0.3) is 0 Å². The van der Waals surface area contributed by atoms with E-state index in [1.165, 1.54) is 33.8 Å². The van der Waals surface area contributed by atoms with Crippen molar-refractivity contribution in [1.82, 2.24) is 4.98 Å². The van der Waals surface area contributed by atoms with E-state index in [1.54, 1.807) is 0 Å². The lowest BCUT2D eigenvalue weighted by molar-refractivity contribution is 0.251. The Morgan fingerprint density at radius 3 is 2.70 bits per heavy atom. The molecule has 2 heterocycles. The third-order valence-corrected chi connectivity index (χ3v) is 7.85. The van der Waals surface area contributed by atoms with Gasteiger partial charge in [0.15, 0.2) is 16.4 Å². The standard InChI is InChI=1S/C22H25F2N5O3S/c1-7-8-32-18(26-6)12-27-14(2)17(23)10-15-9-16(19(24)28-11-15)22(5)13-33(30,31)21(3,4)20(25)29-22/h1,9-12H,6,8,13H2,2-5H3,(H2,25,29)/b17-10-,18-12+,27-14+/t22-/m0/s1. The summed E-state index contributed by atoms with van der Waals surface area (Å²) in [6.45, 7) is 8.95. The smallest absolute Gasteiger partial charge is 0.232 e. The molecule has 0 aromatic carbocycles. The third-order valence-electron chi connectivity index (χ3n) is 5.14. The molecule has 1 aliphatic rings. The maximum Gasteiger partial charge on any atom is 0.232 e. The molecule has 0 aliphatic carbocycles. The van der Waals surface area contributed by atoms with Crippen LogP contribution in [0.5, 0.6) is 0 Å². The first-order valence-corrected chi connectivity index (χ1v) is 11.3. The number of terminal acetylenes is 1. The number of rotatable bonds is 7. The van der Waals surface area contributed by atoms with Crippen molar-refractivity contribution in [3.05, 3.63) is 47.2 Å². The summed E-state index contributed by atoms with van der Waals surface area (Å²) in [6, 6.07) is 1.28. The molecule has 11 heteroatoms. The van der Waals surface area contributed by atoms with E-state index in [4.69, 9.17) is 16.9 Å². The van der Waals surface area contributed by atoms with Gasteiger partial charge in [-0.1, -0.05) is 5.92 Å². The average Bonchev–Trinajstić information content (AvgIpc) is 2.73. The SMILES string of the molecule is C#CCO/C(=C/N=C(C)/C(F)=C/c1cnc(F)c([C@]2(C)CS(=O)(=O)C(C)(C)C(N)=N2)c1)N=C. The Hall–Kier alpha value is -3.39. The number of allylic oxidation sites excluding steroid dienone is 1. The number of halogens is 2. The number of aromatic nitrogens is 1. The number of ether oxygens (including phenoxy) is 1. The first-order valence-electron chi connectivity index (χ1n) is 9.66. The number of nitrogens with two attached hydrogens (primary N) is 1. The Kier molecular flexibility index (Phi) is 7.54. The predicted molar refractivity (Wildman–Crippen MR) is 126 cm³/mol. The lowest BCUT2D eigenvalue weighted by atomic mass is 9.93. The van der Waals surface area contributed by atoms with Crippen LogP contribution in [0.1, 0.15) is 38.8 Å². The van der Waals surface area contributed by atoms with Gasteiger partial charge in [-0.2, -0.15) is 4.39 Å². The van der Waals surface area contributed by atoms with Crippen molar-refractivity contribution in [2.45, 2.75) is 38.0 Å². The number of pyridine rings is 1. The van der Waals surface area contributed by atoms with E-state index in [-0.39, 0.29) is 35.2 Å². The molecule has 2 rings (SSSR count). The molecule has 1 aromatic rings. The van der Waals surface area contributed by atoms with Gasteiger partial charge in [0, 0.05) is 11.8 Å². The highest BCUT2D eigenvalue weighted by atomic mass is 32.2. The van der Waals surface area contributed by atoms with E-state index in [9.17, 15) is 17.2 Å². The molecule has 0 saturated heterocycles. The van der Waals surface area contributed by atoms with E-state index < -0.39 is 37.7 Å². The van der Waals surface area contributed by atoms with Crippen molar-refractivity contribution >= 4 is 34.2 Å². The Balaban J connectivity index is 2.45. The Morgan fingerprint density at radius 2 is 2.12 bits per heavy atom. The largest absolute Gasteiger partial charge is 0.463 e. The maximum absolute atomic E-state index is 14.7. The van der Waals surface area contributed by atoms with E-state index in [2.05, 4.69) is 32.6 Å². The van der Waals surface area contributed by atoms with Crippen LogP contribution in [-0.4, -0.2) is 48.8 Å². The van der Waals surface area contributed by atoms with Crippen LogP contribution in [0, 0.1) is 18.3 Å². The zero-order valence-corrected chi connectivity index (χ0v) is 19.6. The molecular weight excluding hydrogens is 452 g/mol. The summed E-state index contributed by atoms with van der Waals surface area (Å²) >= 11 is 0. The molecule has 1 aliphatic heterocycles. The fourth-order valence-electron chi connectivity index (χ4n) is 2.91. The minimum atomic E-state index is -3.76. The number of hydrogen-bond acceptors (Lipinski definition) is 8. The van der Waals surface area contributed by atoms with Crippen molar-refractivity contribution in [2.24, 2.45) is 20.7 Å². The highest BCUT2D eigenvalue weighted by Crippen LogP contribution is 2.37. The van der Waals surface area contributed by atoms with E-state index in [1.807, 2.05) is 0 Å². The van der Waals surface area contributed by atoms with Gasteiger partial charge in [-0.15, -0.1) is 6.42 Å². The first kappa shape index (κ1) is 25.9. The van der Waals surface area contributed by atoms with Gasteiger partial charge >= 0.3 is 0 Å². The van der Waals surface area contributed by atoms with E-state index in [0.29, 0.717) is 0 Å². The van der Waals surface area contributed by atoms with Gasteiger partial charge < -0.3 is 10.5 Å². The normalized spacial score (nSPS) is 22.8. The molecule has 0 fully saturated rings. The van der Waals surface area contributed by atoms with Crippen LogP contribution in [0.15, 0.2) is 45.2 Å². The number of amidine groups is 1. The quantitative estimate of drug-likeness (QED) is 0.280. The Morgan fingerprint density at radius 1 is 1.45 bits per heavy atom. The number of nitrogens with zero attached hydrogens (tertiary/aromatic N) is 4. The maximum atomic E-state index is 14.7. The van der Waals surface area contributed by atoms with Crippen LogP contribution < -0.4 is 5.73 Å². The predicted octanol–water partition coefficient (Wildman–Crippen LogP) is 2.92. The summed E-state index contributed by atoms with van der Waals surface area (Å²) in [5, 5.41) is 0. The minimum Gasteiger partial charge on any atom is -0.463 e. The topological polar surface area (TPSA) is 119 Å². The Bertz CT molecular complexity index is 1230. The molecule has 0 spiro atoms. The molecule has 33 heavy (non-hydrogen) atoms. The van der Waals surface area contributed by atoms with Gasteiger partial charge in [0.1, 0.15) is 21.9 Å². The molecule has 176 valence electrons. The molecule has 0 radical (unpaired) electrons. The summed E-state index contributed by atoms with van der Waals surface area (Å²) in [4.78, 5) is 15.4. The fraction of sp³-hybridized carbons (Fsp3) is 0.364. The van der Waals surface area contributed by atoms with Crippen LogP contribution in [0.25, 0.3) is 6.08 Å². The van der Waals surface area contributed by atoms with Gasteiger partial charge in [0.2, 0.25) is 11.8 Å².